The third-order valence-electron chi connectivity index (χ3n) is 2.55. The zero-order chi connectivity index (χ0) is 14.8. The second kappa shape index (κ2) is 5.90. The fourth-order valence-electron chi connectivity index (χ4n) is 1.54. The van der Waals surface area contributed by atoms with Crippen molar-refractivity contribution in [2.75, 3.05) is 0 Å². The molecule has 20 heavy (non-hydrogen) atoms. The maximum Gasteiger partial charge on any atom is 0.238 e. The Morgan fingerprint density at radius 2 is 1.80 bits per heavy atom. The van der Waals surface area contributed by atoms with Gasteiger partial charge >= 0.3 is 0 Å². The number of hydrogen-bond donors (Lipinski definition) is 1. The Hall–Kier alpha value is -1.44. The molecule has 0 spiro atoms. The number of nitrogens with two attached hydrogens (primary N) is 1. The Bertz CT molecular complexity index is 717. The summed E-state index contributed by atoms with van der Waals surface area (Å²) in [6.45, 7) is 0.160. The second-order valence-corrected chi connectivity index (χ2v) is 6.46. The lowest BCUT2D eigenvalue weighted by Crippen LogP contribution is -2.11. The molecule has 2 aromatic carbocycles. The highest BCUT2D eigenvalue weighted by molar-refractivity contribution is 9.10. The summed E-state index contributed by atoms with van der Waals surface area (Å²) in [5.74, 6) is 0.116. The molecule has 0 bridgehead atoms. The highest BCUT2D eigenvalue weighted by Gasteiger charge is 2.08. The van der Waals surface area contributed by atoms with Crippen LogP contribution in [0.25, 0.3) is 0 Å². The van der Waals surface area contributed by atoms with Gasteiger partial charge in [-0.05, 0) is 42.5 Å². The Morgan fingerprint density at radius 1 is 1.15 bits per heavy atom. The van der Waals surface area contributed by atoms with Gasteiger partial charge in [-0.1, -0.05) is 15.9 Å². The van der Waals surface area contributed by atoms with Crippen LogP contribution in [0.2, 0.25) is 0 Å². The van der Waals surface area contributed by atoms with Crippen molar-refractivity contribution in [2.45, 2.75) is 11.5 Å². The summed E-state index contributed by atoms with van der Waals surface area (Å²) in [7, 11) is -3.71. The first kappa shape index (κ1) is 15.0. The van der Waals surface area contributed by atoms with Gasteiger partial charge in [-0.2, -0.15) is 0 Å². The number of hydrogen-bond acceptors (Lipinski definition) is 3. The van der Waals surface area contributed by atoms with Gasteiger partial charge in [0.25, 0.3) is 0 Å². The van der Waals surface area contributed by atoms with Gasteiger partial charge in [-0.25, -0.2) is 17.9 Å². The Morgan fingerprint density at radius 3 is 2.40 bits per heavy atom. The molecule has 0 heterocycles. The third kappa shape index (κ3) is 3.78. The highest BCUT2D eigenvalue weighted by atomic mass is 79.9. The molecular formula is C13H11BrFNO3S. The smallest absolute Gasteiger partial charge is 0.238 e. The van der Waals surface area contributed by atoms with Crippen molar-refractivity contribution < 1.29 is 17.5 Å². The molecule has 0 amide bonds. The Labute approximate surface area is 124 Å². The first-order valence-corrected chi connectivity index (χ1v) is 7.90. The molecule has 7 heteroatoms. The van der Waals surface area contributed by atoms with E-state index in [0.717, 1.165) is 4.47 Å². The SMILES string of the molecule is NS(=O)(=O)c1ccc(OCc2cc(F)ccc2Br)cc1. The molecule has 0 aliphatic carbocycles. The van der Waals surface area contributed by atoms with Crippen LogP contribution in [-0.4, -0.2) is 8.42 Å². The van der Waals surface area contributed by atoms with Gasteiger partial charge in [0.2, 0.25) is 10.0 Å². The fraction of sp³-hybridized carbons (Fsp3) is 0.0769. The van der Waals surface area contributed by atoms with Gasteiger partial charge in [-0.3, -0.25) is 0 Å². The largest absolute Gasteiger partial charge is 0.489 e. The van der Waals surface area contributed by atoms with E-state index in [1.54, 1.807) is 6.07 Å². The summed E-state index contributed by atoms with van der Waals surface area (Å²) >= 11 is 3.30. The average molecular weight is 360 g/mol. The average Bonchev–Trinajstić information content (AvgIpc) is 2.39. The van der Waals surface area contributed by atoms with Gasteiger partial charge in [0.05, 0.1) is 4.90 Å². The van der Waals surface area contributed by atoms with Crippen LogP contribution < -0.4 is 9.88 Å². The number of halogens is 2. The minimum absolute atomic E-state index is 0.0109. The summed E-state index contributed by atoms with van der Waals surface area (Å²) < 4.78 is 41.5. The van der Waals surface area contributed by atoms with Gasteiger partial charge in [0, 0.05) is 10.0 Å². The van der Waals surface area contributed by atoms with E-state index >= 15 is 0 Å². The number of sulfonamides is 1. The van der Waals surface area contributed by atoms with Crippen molar-refractivity contribution in [1.29, 1.82) is 0 Å². The standard InChI is InChI=1S/C13H11BrFNO3S/c14-13-6-1-10(15)7-9(13)8-19-11-2-4-12(5-3-11)20(16,17)18/h1-7H,8H2,(H2,16,17,18). The molecule has 2 rings (SSSR count). The lowest BCUT2D eigenvalue weighted by Gasteiger charge is -2.08. The molecule has 0 fully saturated rings. The van der Waals surface area contributed by atoms with Gasteiger partial charge in [0.1, 0.15) is 18.2 Å². The monoisotopic (exact) mass is 359 g/mol. The van der Waals surface area contributed by atoms with Crippen LogP contribution >= 0.6 is 15.9 Å². The van der Waals surface area contributed by atoms with E-state index in [9.17, 15) is 12.8 Å². The van der Waals surface area contributed by atoms with Crippen LogP contribution in [0.1, 0.15) is 5.56 Å². The molecule has 0 aromatic heterocycles. The van der Waals surface area contributed by atoms with Crippen molar-refractivity contribution in [3.63, 3.8) is 0 Å². The normalized spacial score (nSPS) is 11.3. The molecular weight excluding hydrogens is 349 g/mol. The molecule has 0 unspecified atom stereocenters. The Kier molecular flexibility index (Phi) is 4.42. The topological polar surface area (TPSA) is 69.4 Å². The predicted molar refractivity (Wildman–Crippen MR) is 76.2 cm³/mol. The van der Waals surface area contributed by atoms with Crippen molar-refractivity contribution in [3.8, 4) is 5.75 Å². The van der Waals surface area contributed by atoms with Gasteiger partial charge in [0.15, 0.2) is 0 Å². The number of rotatable bonds is 4. The van der Waals surface area contributed by atoms with Gasteiger partial charge < -0.3 is 4.74 Å². The van der Waals surface area contributed by atoms with E-state index in [-0.39, 0.29) is 17.3 Å². The molecule has 0 aliphatic rings. The maximum atomic E-state index is 13.1. The second-order valence-electron chi connectivity index (χ2n) is 4.04. The summed E-state index contributed by atoms with van der Waals surface area (Å²) in [6, 6.07) is 9.99. The third-order valence-corrected chi connectivity index (χ3v) is 4.26. The predicted octanol–water partition coefficient (Wildman–Crippen LogP) is 2.81. The lowest BCUT2D eigenvalue weighted by molar-refractivity contribution is 0.304. The van der Waals surface area contributed by atoms with Crippen LogP contribution in [0.4, 0.5) is 4.39 Å². The summed E-state index contributed by atoms with van der Waals surface area (Å²) in [6.07, 6.45) is 0. The van der Waals surface area contributed by atoms with E-state index in [2.05, 4.69) is 15.9 Å². The number of primary sulfonamides is 1. The molecule has 0 radical (unpaired) electrons. The molecule has 4 nitrogen and oxygen atoms in total. The van der Waals surface area contributed by atoms with Crippen molar-refractivity contribution in [1.82, 2.24) is 0 Å². The molecule has 2 N–H and O–H groups in total. The molecule has 0 saturated heterocycles. The van der Waals surface area contributed by atoms with Crippen LogP contribution in [0.3, 0.4) is 0 Å². The summed E-state index contributed by atoms with van der Waals surface area (Å²) in [4.78, 5) is 0.0109. The van der Waals surface area contributed by atoms with E-state index < -0.39 is 10.0 Å². The lowest BCUT2D eigenvalue weighted by atomic mass is 10.2. The zero-order valence-electron chi connectivity index (χ0n) is 10.2. The zero-order valence-corrected chi connectivity index (χ0v) is 12.6. The van der Waals surface area contributed by atoms with Crippen LogP contribution in [0.15, 0.2) is 51.8 Å². The summed E-state index contributed by atoms with van der Waals surface area (Å²) in [5, 5.41) is 4.99. The van der Waals surface area contributed by atoms with Crippen LogP contribution in [0.5, 0.6) is 5.75 Å². The minimum Gasteiger partial charge on any atom is -0.489 e. The molecule has 106 valence electrons. The first-order valence-electron chi connectivity index (χ1n) is 5.56. The van der Waals surface area contributed by atoms with Crippen LogP contribution in [0, 0.1) is 5.82 Å². The molecule has 0 aliphatic heterocycles. The fourth-order valence-corrected chi connectivity index (χ4v) is 2.42. The molecule has 0 atom stereocenters. The highest BCUT2D eigenvalue weighted by Crippen LogP contribution is 2.21. The van der Waals surface area contributed by atoms with Gasteiger partial charge in [-0.15, -0.1) is 0 Å². The van der Waals surface area contributed by atoms with Crippen molar-refractivity contribution >= 4 is 26.0 Å². The number of benzene rings is 2. The van der Waals surface area contributed by atoms with E-state index in [4.69, 9.17) is 9.88 Å². The first-order chi connectivity index (χ1) is 9.36. The quantitative estimate of drug-likeness (QED) is 0.912. The molecule has 0 saturated carbocycles. The number of ether oxygens (including phenoxy) is 1. The maximum absolute atomic E-state index is 13.1. The molecule has 2 aromatic rings. The van der Waals surface area contributed by atoms with Crippen molar-refractivity contribution in [3.05, 3.63) is 58.3 Å². The van der Waals surface area contributed by atoms with Crippen molar-refractivity contribution in [2.24, 2.45) is 5.14 Å². The minimum atomic E-state index is -3.71. The van der Waals surface area contributed by atoms with E-state index in [1.165, 1.54) is 36.4 Å². The van der Waals surface area contributed by atoms with E-state index in [1.807, 2.05) is 0 Å². The Balaban J connectivity index is 2.10. The summed E-state index contributed by atoms with van der Waals surface area (Å²) in [5.41, 5.74) is 0.653. The van der Waals surface area contributed by atoms with Crippen LogP contribution in [-0.2, 0) is 16.6 Å². The van der Waals surface area contributed by atoms with E-state index in [0.29, 0.717) is 11.3 Å².